The summed E-state index contributed by atoms with van der Waals surface area (Å²) in [6.45, 7) is 0.729. The van der Waals surface area contributed by atoms with Gasteiger partial charge in [-0.2, -0.15) is 0 Å². The van der Waals surface area contributed by atoms with Gasteiger partial charge in [0.25, 0.3) is 0 Å². The summed E-state index contributed by atoms with van der Waals surface area (Å²) in [6.07, 6.45) is 3.57. The van der Waals surface area contributed by atoms with Crippen LogP contribution in [0.3, 0.4) is 0 Å². The van der Waals surface area contributed by atoms with E-state index in [9.17, 15) is 0 Å². The number of aromatic nitrogens is 1. The van der Waals surface area contributed by atoms with Gasteiger partial charge in [-0.15, -0.1) is 0 Å². The van der Waals surface area contributed by atoms with Gasteiger partial charge in [0.05, 0.1) is 5.69 Å². The van der Waals surface area contributed by atoms with Crippen molar-refractivity contribution in [3.8, 4) is 11.1 Å². The van der Waals surface area contributed by atoms with Crippen molar-refractivity contribution in [2.24, 2.45) is 5.73 Å². The van der Waals surface area contributed by atoms with Crippen LogP contribution in [-0.2, 0) is 6.54 Å². The topological polar surface area (TPSA) is 101 Å². The highest BCUT2D eigenvalue weighted by Gasteiger charge is 2.07. The molecule has 6 N–H and O–H groups in total. The van der Waals surface area contributed by atoms with Crippen LogP contribution in [0.15, 0.2) is 67.0 Å². The predicted molar refractivity (Wildman–Crippen MR) is 98.9 cm³/mol. The van der Waals surface area contributed by atoms with Crippen LogP contribution in [-0.4, -0.2) is 10.8 Å². The zero-order valence-corrected chi connectivity index (χ0v) is 13.2. The average molecular weight is 317 g/mol. The second-order valence-electron chi connectivity index (χ2n) is 5.52. The van der Waals surface area contributed by atoms with Gasteiger partial charge in [0.15, 0.2) is 0 Å². The molecule has 3 rings (SSSR count). The molecular formula is C19H19N5. The standard InChI is InChI=1S/C19H19N5/c20-18-7-6-14(9-17(18)19(21)22)15-8-16(12-23-11-15)24-10-13-4-2-1-3-5-13/h1-9,11-12,24H,10,20H2,(H3,21,22). The van der Waals surface area contributed by atoms with E-state index >= 15 is 0 Å². The summed E-state index contributed by atoms with van der Waals surface area (Å²) in [7, 11) is 0. The number of pyridine rings is 1. The number of nitrogens with two attached hydrogens (primary N) is 2. The molecule has 0 atom stereocenters. The Kier molecular flexibility index (Phi) is 4.43. The fraction of sp³-hybridized carbons (Fsp3) is 0.0526. The summed E-state index contributed by atoms with van der Waals surface area (Å²) in [5.41, 5.74) is 16.5. The van der Waals surface area contributed by atoms with E-state index in [1.54, 1.807) is 18.5 Å². The zero-order valence-electron chi connectivity index (χ0n) is 13.2. The summed E-state index contributed by atoms with van der Waals surface area (Å²) < 4.78 is 0. The molecule has 0 unspecified atom stereocenters. The smallest absolute Gasteiger partial charge is 0.124 e. The van der Waals surface area contributed by atoms with Gasteiger partial charge >= 0.3 is 0 Å². The minimum atomic E-state index is -0.0410. The molecule has 0 aliphatic heterocycles. The molecule has 0 aliphatic carbocycles. The van der Waals surface area contributed by atoms with Crippen LogP contribution < -0.4 is 16.8 Å². The Morgan fingerprint density at radius 3 is 2.54 bits per heavy atom. The maximum atomic E-state index is 7.61. The number of rotatable bonds is 5. The van der Waals surface area contributed by atoms with Crippen molar-refractivity contribution >= 4 is 17.2 Å². The molecule has 5 nitrogen and oxygen atoms in total. The van der Waals surface area contributed by atoms with Crippen molar-refractivity contribution in [2.45, 2.75) is 6.54 Å². The lowest BCUT2D eigenvalue weighted by molar-refractivity contribution is 1.14. The maximum absolute atomic E-state index is 7.61. The second-order valence-corrected chi connectivity index (χ2v) is 5.52. The summed E-state index contributed by atoms with van der Waals surface area (Å²) in [6, 6.07) is 17.7. The number of nitrogens with zero attached hydrogens (tertiary/aromatic N) is 1. The van der Waals surface area contributed by atoms with E-state index in [0.717, 1.165) is 23.4 Å². The molecule has 1 heterocycles. The molecule has 0 aliphatic rings. The van der Waals surface area contributed by atoms with Gasteiger partial charge in [-0.3, -0.25) is 10.4 Å². The first-order valence-corrected chi connectivity index (χ1v) is 7.60. The van der Waals surface area contributed by atoms with Crippen LogP contribution >= 0.6 is 0 Å². The van der Waals surface area contributed by atoms with Gasteiger partial charge in [-0.1, -0.05) is 36.4 Å². The molecule has 3 aromatic rings. The Bertz CT molecular complexity index is 859. The highest BCUT2D eigenvalue weighted by molar-refractivity contribution is 6.01. The third-order valence-electron chi connectivity index (χ3n) is 3.75. The van der Waals surface area contributed by atoms with Gasteiger partial charge in [0.1, 0.15) is 5.84 Å². The summed E-state index contributed by atoms with van der Waals surface area (Å²) in [4.78, 5) is 4.29. The molecule has 2 aromatic carbocycles. The Morgan fingerprint density at radius 1 is 1.00 bits per heavy atom. The van der Waals surface area contributed by atoms with E-state index in [-0.39, 0.29) is 5.84 Å². The van der Waals surface area contributed by atoms with E-state index in [1.165, 1.54) is 5.56 Å². The fourth-order valence-electron chi connectivity index (χ4n) is 2.46. The van der Waals surface area contributed by atoms with E-state index < -0.39 is 0 Å². The van der Waals surface area contributed by atoms with Gasteiger partial charge in [-0.05, 0) is 29.3 Å². The molecule has 0 saturated heterocycles. The van der Waals surface area contributed by atoms with E-state index in [0.29, 0.717) is 11.3 Å². The van der Waals surface area contributed by atoms with Gasteiger partial charge < -0.3 is 16.8 Å². The maximum Gasteiger partial charge on any atom is 0.124 e. The fourth-order valence-corrected chi connectivity index (χ4v) is 2.46. The van der Waals surface area contributed by atoms with Crippen molar-refractivity contribution in [1.29, 1.82) is 5.41 Å². The van der Waals surface area contributed by atoms with Crippen molar-refractivity contribution < 1.29 is 0 Å². The lowest BCUT2D eigenvalue weighted by Gasteiger charge is -2.10. The number of hydrogen-bond donors (Lipinski definition) is 4. The zero-order chi connectivity index (χ0) is 16.9. The summed E-state index contributed by atoms with van der Waals surface area (Å²) in [5.74, 6) is -0.0410. The SMILES string of the molecule is N=C(N)c1cc(-c2cncc(NCc3ccccc3)c2)ccc1N. The number of nitrogens with one attached hydrogen (secondary N) is 2. The monoisotopic (exact) mass is 317 g/mol. The lowest BCUT2D eigenvalue weighted by Crippen LogP contribution is -2.13. The van der Waals surface area contributed by atoms with Gasteiger partial charge in [-0.25, -0.2) is 0 Å². The number of nitrogen functional groups attached to an aromatic ring is 2. The first-order chi connectivity index (χ1) is 11.6. The third kappa shape index (κ3) is 3.52. The first kappa shape index (κ1) is 15.6. The largest absolute Gasteiger partial charge is 0.398 e. The van der Waals surface area contributed by atoms with Crippen LogP contribution in [0.4, 0.5) is 11.4 Å². The average Bonchev–Trinajstić information content (AvgIpc) is 2.61. The van der Waals surface area contributed by atoms with E-state index in [1.807, 2.05) is 36.4 Å². The molecule has 24 heavy (non-hydrogen) atoms. The van der Waals surface area contributed by atoms with Crippen molar-refractivity contribution in [1.82, 2.24) is 4.98 Å². The number of amidine groups is 1. The highest BCUT2D eigenvalue weighted by Crippen LogP contribution is 2.25. The quantitative estimate of drug-likeness (QED) is 0.330. The number of anilines is 2. The van der Waals surface area contributed by atoms with Crippen LogP contribution in [0.2, 0.25) is 0 Å². The highest BCUT2D eigenvalue weighted by atomic mass is 14.9. The van der Waals surface area contributed by atoms with Crippen molar-refractivity contribution in [3.05, 3.63) is 78.1 Å². The van der Waals surface area contributed by atoms with Gasteiger partial charge in [0, 0.05) is 35.8 Å². The molecule has 0 amide bonds. The predicted octanol–water partition coefficient (Wildman–Crippen LogP) is 3.23. The minimum Gasteiger partial charge on any atom is -0.398 e. The number of hydrogen-bond acceptors (Lipinski definition) is 4. The molecule has 0 spiro atoms. The first-order valence-electron chi connectivity index (χ1n) is 7.60. The van der Waals surface area contributed by atoms with E-state index in [4.69, 9.17) is 16.9 Å². The van der Waals surface area contributed by atoms with Gasteiger partial charge in [0.2, 0.25) is 0 Å². The molecule has 0 saturated carbocycles. The molecule has 0 bridgehead atoms. The van der Waals surface area contributed by atoms with Crippen LogP contribution in [0, 0.1) is 5.41 Å². The molecule has 1 aromatic heterocycles. The molecule has 5 heteroatoms. The molecule has 120 valence electrons. The number of benzene rings is 2. The van der Waals surface area contributed by atoms with Crippen LogP contribution in [0.5, 0.6) is 0 Å². The van der Waals surface area contributed by atoms with E-state index in [2.05, 4.69) is 22.4 Å². The molecule has 0 fully saturated rings. The molecular weight excluding hydrogens is 298 g/mol. The summed E-state index contributed by atoms with van der Waals surface area (Å²) in [5, 5.41) is 11.0. The Balaban J connectivity index is 1.83. The Labute approximate surface area is 140 Å². The Morgan fingerprint density at radius 2 is 1.79 bits per heavy atom. The van der Waals surface area contributed by atoms with Crippen LogP contribution in [0.25, 0.3) is 11.1 Å². The second kappa shape index (κ2) is 6.83. The Hall–Kier alpha value is -3.34. The van der Waals surface area contributed by atoms with Crippen molar-refractivity contribution in [2.75, 3.05) is 11.1 Å². The molecule has 0 radical (unpaired) electrons. The lowest BCUT2D eigenvalue weighted by atomic mass is 10.0. The minimum absolute atomic E-state index is 0.0410. The third-order valence-corrected chi connectivity index (χ3v) is 3.75. The summed E-state index contributed by atoms with van der Waals surface area (Å²) >= 11 is 0. The van der Waals surface area contributed by atoms with Crippen molar-refractivity contribution in [3.63, 3.8) is 0 Å². The normalized spacial score (nSPS) is 10.3. The van der Waals surface area contributed by atoms with Crippen LogP contribution in [0.1, 0.15) is 11.1 Å².